The lowest BCUT2D eigenvalue weighted by Crippen LogP contribution is -2.24. The molecule has 2 aromatic carbocycles. The van der Waals surface area contributed by atoms with Crippen LogP contribution in [0.1, 0.15) is 45.5 Å². The van der Waals surface area contributed by atoms with E-state index in [1.165, 1.54) is 5.56 Å². The highest BCUT2D eigenvalue weighted by molar-refractivity contribution is 6.05. The molecule has 1 fully saturated rings. The maximum Gasteiger partial charge on any atom is 0.255 e. The van der Waals surface area contributed by atoms with Gasteiger partial charge in [0, 0.05) is 29.9 Å². The van der Waals surface area contributed by atoms with Crippen LogP contribution in [-0.4, -0.2) is 18.4 Å². The molecule has 2 amide bonds. The molecule has 0 saturated carbocycles. The zero-order valence-electron chi connectivity index (χ0n) is 15.3. The number of hydrogen-bond donors (Lipinski definition) is 1. The minimum Gasteiger partial charge on any atom is -0.322 e. The first-order valence-electron chi connectivity index (χ1n) is 8.67. The predicted octanol–water partition coefficient (Wildman–Crippen LogP) is 4.30. The van der Waals surface area contributed by atoms with Crippen LogP contribution >= 0.6 is 0 Å². The van der Waals surface area contributed by atoms with Gasteiger partial charge in [0.15, 0.2) is 0 Å². The van der Waals surface area contributed by atoms with E-state index in [1.54, 1.807) is 0 Å². The lowest BCUT2D eigenvalue weighted by atomic mass is 10.0. The van der Waals surface area contributed by atoms with Crippen LogP contribution in [0.15, 0.2) is 30.3 Å². The fraction of sp³-hybridized carbons (Fsp3) is 0.333. The molecule has 0 unspecified atom stereocenters. The average Bonchev–Trinajstić information content (AvgIpc) is 2.97. The summed E-state index contributed by atoms with van der Waals surface area (Å²) in [7, 11) is 0. The topological polar surface area (TPSA) is 49.4 Å². The second-order valence-corrected chi connectivity index (χ2v) is 6.86. The van der Waals surface area contributed by atoms with Crippen LogP contribution in [0.4, 0.5) is 11.4 Å². The molecule has 0 bridgehead atoms. The van der Waals surface area contributed by atoms with E-state index in [-0.39, 0.29) is 11.8 Å². The van der Waals surface area contributed by atoms with Crippen LogP contribution in [-0.2, 0) is 4.79 Å². The maximum atomic E-state index is 12.6. The fourth-order valence-corrected chi connectivity index (χ4v) is 3.34. The van der Waals surface area contributed by atoms with Gasteiger partial charge in [-0.1, -0.05) is 6.07 Å². The van der Waals surface area contributed by atoms with Crippen molar-refractivity contribution in [1.29, 1.82) is 0 Å². The molecule has 0 radical (unpaired) electrons. The largest absolute Gasteiger partial charge is 0.322 e. The molecule has 3 rings (SSSR count). The fourth-order valence-electron chi connectivity index (χ4n) is 3.34. The van der Waals surface area contributed by atoms with Gasteiger partial charge < -0.3 is 10.2 Å². The van der Waals surface area contributed by atoms with Crippen LogP contribution in [0, 0.1) is 27.7 Å². The van der Waals surface area contributed by atoms with E-state index < -0.39 is 0 Å². The summed E-state index contributed by atoms with van der Waals surface area (Å²) in [4.78, 5) is 26.4. The number of amides is 2. The normalized spacial score (nSPS) is 14.1. The molecule has 0 aromatic heterocycles. The summed E-state index contributed by atoms with van der Waals surface area (Å²) in [5.74, 6) is 0.0654. The van der Waals surface area contributed by atoms with E-state index in [2.05, 4.69) is 5.32 Å². The maximum absolute atomic E-state index is 12.6. The highest BCUT2D eigenvalue weighted by atomic mass is 16.2. The van der Waals surface area contributed by atoms with Gasteiger partial charge in [-0.05, 0) is 80.6 Å². The Bertz CT molecular complexity index is 855. The molecule has 0 atom stereocenters. The van der Waals surface area contributed by atoms with Gasteiger partial charge in [-0.15, -0.1) is 0 Å². The molecule has 1 saturated heterocycles. The first-order chi connectivity index (χ1) is 11.9. The van der Waals surface area contributed by atoms with E-state index in [4.69, 9.17) is 0 Å². The minimum atomic E-state index is -0.106. The third kappa shape index (κ3) is 3.43. The zero-order chi connectivity index (χ0) is 18.1. The minimum absolute atomic E-state index is 0.106. The number of anilines is 2. The molecule has 2 aromatic rings. The number of benzene rings is 2. The second-order valence-electron chi connectivity index (χ2n) is 6.86. The number of nitrogens with one attached hydrogen (secondary N) is 1. The summed E-state index contributed by atoms with van der Waals surface area (Å²) < 4.78 is 0. The summed E-state index contributed by atoms with van der Waals surface area (Å²) in [5, 5.41) is 2.97. The monoisotopic (exact) mass is 336 g/mol. The molecule has 25 heavy (non-hydrogen) atoms. The van der Waals surface area contributed by atoms with Crippen molar-refractivity contribution >= 4 is 23.2 Å². The van der Waals surface area contributed by atoms with Gasteiger partial charge in [0.25, 0.3) is 5.91 Å². The molecule has 1 N–H and O–H groups in total. The van der Waals surface area contributed by atoms with Crippen molar-refractivity contribution in [3.05, 3.63) is 58.1 Å². The van der Waals surface area contributed by atoms with Crippen molar-refractivity contribution in [1.82, 2.24) is 0 Å². The summed E-state index contributed by atoms with van der Waals surface area (Å²) in [5.41, 5.74) is 6.62. The molecule has 1 aliphatic rings. The van der Waals surface area contributed by atoms with Gasteiger partial charge in [0.05, 0.1) is 0 Å². The quantitative estimate of drug-likeness (QED) is 0.908. The second kappa shape index (κ2) is 6.71. The molecule has 0 aliphatic carbocycles. The number of carbonyl (C=O) groups excluding carboxylic acids is 2. The van der Waals surface area contributed by atoms with Crippen LogP contribution in [0.2, 0.25) is 0 Å². The van der Waals surface area contributed by atoms with Crippen molar-refractivity contribution in [3.63, 3.8) is 0 Å². The van der Waals surface area contributed by atoms with Crippen LogP contribution in [0.3, 0.4) is 0 Å². The number of aryl methyl sites for hydroxylation is 4. The van der Waals surface area contributed by atoms with E-state index in [9.17, 15) is 9.59 Å². The molecule has 1 aliphatic heterocycles. The van der Waals surface area contributed by atoms with E-state index in [1.807, 2.05) is 62.9 Å². The Labute approximate surface area is 148 Å². The first kappa shape index (κ1) is 17.2. The highest BCUT2D eigenvalue weighted by Gasteiger charge is 2.23. The molecule has 1 heterocycles. The summed E-state index contributed by atoms with van der Waals surface area (Å²) in [6, 6.07) is 9.68. The standard InChI is InChI=1S/C21H24N2O2/c1-13-10-15(3)18(12-14(13)2)21(25)22-17-7-8-19(16(4)11-17)23-9-5-6-20(23)24/h7-8,10-12H,5-6,9H2,1-4H3,(H,22,25). The first-order valence-corrected chi connectivity index (χ1v) is 8.67. The third-order valence-electron chi connectivity index (χ3n) is 4.90. The molecule has 0 spiro atoms. The Hall–Kier alpha value is -2.62. The molecular weight excluding hydrogens is 312 g/mol. The van der Waals surface area contributed by atoms with Crippen LogP contribution in [0.5, 0.6) is 0 Å². The smallest absolute Gasteiger partial charge is 0.255 e. The Morgan fingerprint density at radius 1 is 0.960 bits per heavy atom. The Morgan fingerprint density at radius 2 is 1.68 bits per heavy atom. The average molecular weight is 336 g/mol. The Kier molecular flexibility index (Phi) is 4.62. The summed E-state index contributed by atoms with van der Waals surface area (Å²) in [6.45, 7) is 8.75. The molecule has 130 valence electrons. The van der Waals surface area contributed by atoms with Crippen molar-refractivity contribution in [2.75, 3.05) is 16.8 Å². The van der Waals surface area contributed by atoms with Gasteiger partial charge in [-0.3, -0.25) is 9.59 Å². The number of hydrogen-bond acceptors (Lipinski definition) is 2. The Morgan fingerprint density at radius 3 is 2.32 bits per heavy atom. The Balaban J connectivity index is 1.81. The summed E-state index contributed by atoms with van der Waals surface area (Å²) >= 11 is 0. The van der Waals surface area contributed by atoms with Crippen LogP contribution < -0.4 is 10.2 Å². The van der Waals surface area contributed by atoms with Crippen LogP contribution in [0.25, 0.3) is 0 Å². The highest BCUT2D eigenvalue weighted by Crippen LogP contribution is 2.28. The van der Waals surface area contributed by atoms with Gasteiger partial charge in [0.2, 0.25) is 5.91 Å². The van der Waals surface area contributed by atoms with Gasteiger partial charge in [-0.25, -0.2) is 0 Å². The van der Waals surface area contributed by atoms with E-state index in [0.29, 0.717) is 12.0 Å². The zero-order valence-corrected chi connectivity index (χ0v) is 15.3. The van der Waals surface area contributed by atoms with Gasteiger partial charge in [0.1, 0.15) is 0 Å². The summed E-state index contributed by atoms with van der Waals surface area (Å²) in [6.07, 6.45) is 1.52. The number of nitrogens with zero attached hydrogens (tertiary/aromatic N) is 1. The van der Waals surface area contributed by atoms with E-state index in [0.717, 1.165) is 41.0 Å². The molecular formula is C21H24N2O2. The van der Waals surface area contributed by atoms with Crippen molar-refractivity contribution < 1.29 is 9.59 Å². The van der Waals surface area contributed by atoms with E-state index >= 15 is 0 Å². The molecule has 4 heteroatoms. The van der Waals surface area contributed by atoms with Gasteiger partial charge >= 0.3 is 0 Å². The van der Waals surface area contributed by atoms with Gasteiger partial charge in [-0.2, -0.15) is 0 Å². The molecule has 4 nitrogen and oxygen atoms in total. The third-order valence-corrected chi connectivity index (χ3v) is 4.90. The number of rotatable bonds is 3. The lowest BCUT2D eigenvalue weighted by Gasteiger charge is -2.19. The number of carbonyl (C=O) groups is 2. The lowest BCUT2D eigenvalue weighted by molar-refractivity contribution is -0.117. The SMILES string of the molecule is Cc1cc(C)c(C(=O)Nc2ccc(N3CCCC3=O)c(C)c2)cc1C. The van der Waals surface area contributed by atoms with Crippen molar-refractivity contribution in [2.45, 2.75) is 40.5 Å². The van der Waals surface area contributed by atoms with Crippen molar-refractivity contribution in [2.24, 2.45) is 0 Å². The predicted molar refractivity (Wildman–Crippen MR) is 101 cm³/mol. The van der Waals surface area contributed by atoms with Crippen molar-refractivity contribution in [3.8, 4) is 0 Å².